The summed E-state index contributed by atoms with van der Waals surface area (Å²) in [7, 11) is 0. The minimum Gasteiger partial charge on any atom is -0.454 e. The molecule has 0 amide bonds. The number of fused-ring (bicyclic) bond motifs is 1. The Kier molecular flexibility index (Phi) is 2.91. The van der Waals surface area contributed by atoms with Gasteiger partial charge < -0.3 is 4.74 Å². The van der Waals surface area contributed by atoms with Crippen LogP contribution in [0.1, 0.15) is 0 Å². The molecule has 18 heavy (non-hydrogen) atoms. The number of aromatic amines is 1. The lowest BCUT2D eigenvalue weighted by atomic mass is 10.2. The summed E-state index contributed by atoms with van der Waals surface area (Å²) < 4.78 is 19.9. The number of ether oxygens (including phenoxy) is 1. The predicted molar refractivity (Wildman–Crippen MR) is 75.3 cm³/mol. The number of halogens is 2. The quantitative estimate of drug-likeness (QED) is 0.704. The third kappa shape index (κ3) is 2.05. The van der Waals surface area contributed by atoms with Crippen LogP contribution in [0.3, 0.4) is 0 Å². The fraction of sp³-hybridized carbons (Fsp3) is 0. The molecule has 1 aromatic heterocycles. The number of benzene rings is 2. The Morgan fingerprint density at radius 2 is 2.00 bits per heavy atom. The highest BCUT2D eigenvalue weighted by atomic mass is 127. The molecule has 2 aromatic carbocycles. The summed E-state index contributed by atoms with van der Waals surface area (Å²) in [5.41, 5.74) is 0.869. The van der Waals surface area contributed by atoms with E-state index < -0.39 is 0 Å². The van der Waals surface area contributed by atoms with Gasteiger partial charge >= 0.3 is 0 Å². The molecule has 0 aliphatic rings. The third-order valence-corrected chi connectivity index (χ3v) is 3.37. The molecule has 0 aliphatic carbocycles. The molecule has 3 aromatic rings. The molecule has 1 heterocycles. The highest BCUT2D eigenvalue weighted by Gasteiger charge is 2.06. The Morgan fingerprint density at radius 3 is 2.83 bits per heavy atom. The summed E-state index contributed by atoms with van der Waals surface area (Å²) >= 11 is 2.15. The van der Waals surface area contributed by atoms with Gasteiger partial charge in [0.2, 0.25) is 0 Å². The van der Waals surface area contributed by atoms with Gasteiger partial charge in [0, 0.05) is 11.5 Å². The summed E-state index contributed by atoms with van der Waals surface area (Å²) in [4.78, 5) is 0. The summed E-state index contributed by atoms with van der Waals surface area (Å²) in [6.07, 6.45) is 0. The Balaban J connectivity index is 1.98. The van der Waals surface area contributed by atoms with Crippen LogP contribution < -0.4 is 4.74 Å². The first-order valence-corrected chi connectivity index (χ1v) is 6.38. The summed E-state index contributed by atoms with van der Waals surface area (Å²) in [6, 6.07) is 11.8. The van der Waals surface area contributed by atoms with Crippen molar-refractivity contribution in [3.8, 4) is 11.5 Å². The van der Waals surface area contributed by atoms with Crippen LogP contribution in [0.4, 0.5) is 4.39 Å². The van der Waals surface area contributed by atoms with Gasteiger partial charge in [0.15, 0.2) is 11.6 Å². The van der Waals surface area contributed by atoms with E-state index in [1.165, 1.54) is 6.07 Å². The second-order valence-corrected chi connectivity index (χ2v) is 4.78. The minimum absolute atomic E-state index is 0.214. The molecule has 3 nitrogen and oxygen atoms in total. The Labute approximate surface area is 116 Å². The lowest BCUT2D eigenvalue weighted by Gasteiger charge is -2.06. The maximum atomic E-state index is 13.4. The van der Waals surface area contributed by atoms with Gasteiger partial charge in [0.05, 0.1) is 5.52 Å². The molecule has 0 aliphatic heterocycles. The van der Waals surface area contributed by atoms with E-state index in [0.717, 1.165) is 14.6 Å². The van der Waals surface area contributed by atoms with Crippen LogP contribution in [0.5, 0.6) is 11.5 Å². The Morgan fingerprint density at radius 1 is 1.17 bits per heavy atom. The maximum absolute atomic E-state index is 13.4. The average molecular weight is 354 g/mol. The predicted octanol–water partition coefficient (Wildman–Crippen LogP) is 4.10. The summed E-state index contributed by atoms with van der Waals surface area (Å²) in [6.45, 7) is 0. The lowest BCUT2D eigenvalue weighted by molar-refractivity contribution is 0.443. The average Bonchev–Trinajstić information content (AvgIpc) is 2.74. The topological polar surface area (TPSA) is 37.9 Å². The van der Waals surface area contributed by atoms with E-state index in [2.05, 4.69) is 32.8 Å². The highest BCUT2D eigenvalue weighted by Crippen LogP contribution is 2.27. The molecule has 5 heteroatoms. The molecule has 0 atom stereocenters. The van der Waals surface area contributed by atoms with Gasteiger partial charge in [0.1, 0.15) is 9.45 Å². The smallest absolute Gasteiger partial charge is 0.165 e. The van der Waals surface area contributed by atoms with Gasteiger partial charge in [-0.05, 0) is 46.9 Å². The van der Waals surface area contributed by atoms with Crippen LogP contribution in [0.25, 0.3) is 10.9 Å². The lowest BCUT2D eigenvalue weighted by Crippen LogP contribution is -1.87. The van der Waals surface area contributed by atoms with E-state index in [9.17, 15) is 4.39 Å². The van der Waals surface area contributed by atoms with Crippen LogP contribution in [-0.2, 0) is 0 Å². The van der Waals surface area contributed by atoms with Crippen molar-refractivity contribution in [3.05, 3.63) is 52.0 Å². The largest absolute Gasteiger partial charge is 0.454 e. The van der Waals surface area contributed by atoms with Crippen molar-refractivity contribution in [3.63, 3.8) is 0 Å². The highest BCUT2D eigenvalue weighted by molar-refractivity contribution is 14.1. The number of hydrogen-bond donors (Lipinski definition) is 1. The normalized spacial score (nSPS) is 10.8. The van der Waals surface area contributed by atoms with Crippen molar-refractivity contribution in [2.24, 2.45) is 0 Å². The molecular formula is C13H8FIN2O. The molecule has 0 fully saturated rings. The molecule has 0 saturated heterocycles. The second kappa shape index (κ2) is 4.56. The number of aromatic nitrogens is 2. The van der Waals surface area contributed by atoms with Crippen molar-refractivity contribution in [1.29, 1.82) is 0 Å². The van der Waals surface area contributed by atoms with Crippen LogP contribution in [0, 0.1) is 9.52 Å². The maximum Gasteiger partial charge on any atom is 0.165 e. The fourth-order valence-corrected chi connectivity index (χ4v) is 2.27. The van der Waals surface area contributed by atoms with Crippen molar-refractivity contribution in [1.82, 2.24) is 10.2 Å². The number of rotatable bonds is 2. The molecule has 3 rings (SSSR count). The van der Waals surface area contributed by atoms with Crippen LogP contribution in [0.2, 0.25) is 0 Å². The van der Waals surface area contributed by atoms with E-state index in [4.69, 9.17) is 4.74 Å². The zero-order valence-electron chi connectivity index (χ0n) is 9.15. The van der Waals surface area contributed by atoms with Crippen molar-refractivity contribution in [2.75, 3.05) is 0 Å². The number of nitrogens with zero attached hydrogens (tertiary/aromatic N) is 1. The summed E-state index contributed by atoms with van der Waals surface area (Å²) in [5.74, 6) is 0.413. The summed E-state index contributed by atoms with van der Waals surface area (Å²) in [5, 5.41) is 8.02. The van der Waals surface area contributed by atoms with Crippen molar-refractivity contribution < 1.29 is 9.13 Å². The fourth-order valence-electron chi connectivity index (χ4n) is 1.68. The molecule has 0 unspecified atom stereocenters. The molecule has 1 N–H and O–H groups in total. The van der Waals surface area contributed by atoms with Crippen LogP contribution in [-0.4, -0.2) is 10.2 Å². The first-order valence-electron chi connectivity index (χ1n) is 5.30. The van der Waals surface area contributed by atoms with E-state index in [-0.39, 0.29) is 11.6 Å². The zero-order chi connectivity index (χ0) is 12.5. The van der Waals surface area contributed by atoms with Crippen molar-refractivity contribution in [2.45, 2.75) is 0 Å². The monoisotopic (exact) mass is 354 g/mol. The Bertz CT molecular complexity index is 711. The number of H-pyrrole nitrogens is 1. The number of nitrogens with one attached hydrogen (secondary N) is 1. The second-order valence-electron chi connectivity index (χ2n) is 3.75. The van der Waals surface area contributed by atoms with Gasteiger partial charge in [-0.1, -0.05) is 12.1 Å². The molecule has 0 saturated carbocycles. The molecule has 90 valence electrons. The van der Waals surface area contributed by atoms with Gasteiger partial charge in [-0.2, -0.15) is 5.10 Å². The van der Waals surface area contributed by atoms with Gasteiger partial charge in [0.25, 0.3) is 0 Å². The van der Waals surface area contributed by atoms with E-state index in [1.54, 1.807) is 30.3 Å². The van der Waals surface area contributed by atoms with Crippen LogP contribution >= 0.6 is 22.6 Å². The SMILES string of the molecule is Fc1ccccc1Oc1ccc2c(I)n[nH]c2c1. The van der Waals surface area contributed by atoms with E-state index in [1.807, 2.05) is 6.07 Å². The molecule has 0 bridgehead atoms. The van der Waals surface area contributed by atoms with Gasteiger partial charge in [-0.3, -0.25) is 5.10 Å². The minimum atomic E-state index is -0.378. The molecular weight excluding hydrogens is 346 g/mol. The number of hydrogen-bond acceptors (Lipinski definition) is 2. The zero-order valence-corrected chi connectivity index (χ0v) is 11.3. The van der Waals surface area contributed by atoms with Gasteiger partial charge in [-0.25, -0.2) is 4.39 Å². The van der Waals surface area contributed by atoms with E-state index in [0.29, 0.717) is 5.75 Å². The van der Waals surface area contributed by atoms with E-state index >= 15 is 0 Å². The standard InChI is InChI=1S/C13H8FIN2O/c14-10-3-1-2-4-12(10)18-8-5-6-9-11(7-8)16-17-13(9)15/h1-7H,(H,16,17). The Hall–Kier alpha value is -1.63. The first kappa shape index (κ1) is 11.5. The van der Waals surface area contributed by atoms with Gasteiger partial charge in [-0.15, -0.1) is 0 Å². The molecule has 0 spiro atoms. The first-order chi connectivity index (χ1) is 8.74. The van der Waals surface area contributed by atoms with Crippen LogP contribution in [0.15, 0.2) is 42.5 Å². The molecule has 0 radical (unpaired) electrons. The third-order valence-electron chi connectivity index (χ3n) is 2.55. The van der Waals surface area contributed by atoms with Crippen molar-refractivity contribution >= 4 is 33.5 Å². The number of para-hydroxylation sites is 1.